The number of nitrogens with one attached hydrogen (secondary N) is 1. The first-order valence-corrected chi connectivity index (χ1v) is 11.0. The molecule has 5 rings (SSSR count). The Labute approximate surface area is 203 Å². The quantitative estimate of drug-likeness (QED) is 0.404. The average Bonchev–Trinajstić information content (AvgIpc) is 3.52. The van der Waals surface area contributed by atoms with Gasteiger partial charge in [-0.05, 0) is 36.8 Å². The van der Waals surface area contributed by atoms with Crippen LogP contribution in [0, 0.1) is 0 Å². The molecule has 2 aromatic heterocycles. The van der Waals surface area contributed by atoms with Gasteiger partial charge in [0.05, 0.1) is 23.6 Å². The minimum atomic E-state index is -4.40. The van der Waals surface area contributed by atoms with E-state index in [-0.39, 0.29) is 30.6 Å². The van der Waals surface area contributed by atoms with E-state index >= 15 is 0 Å². The summed E-state index contributed by atoms with van der Waals surface area (Å²) in [7, 11) is 0. The van der Waals surface area contributed by atoms with Gasteiger partial charge in [-0.1, -0.05) is 30.3 Å². The van der Waals surface area contributed by atoms with Crippen LogP contribution in [0.15, 0.2) is 73.4 Å². The molecule has 184 valence electrons. The predicted octanol–water partition coefficient (Wildman–Crippen LogP) is 4.95. The van der Waals surface area contributed by atoms with Crippen LogP contribution in [0.4, 0.5) is 29.9 Å². The zero-order valence-corrected chi connectivity index (χ0v) is 18.9. The van der Waals surface area contributed by atoms with E-state index in [1.165, 1.54) is 29.7 Å². The number of hydrogen-bond acceptors (Lipinski definition) is 7. The van der Waals surface area contributed by atoms with Gasteiger partial charge in [-0.15, -0.1) is 0 Å². The van der Waals surface area contributed by atoms with Crippen molar-refractivity contribution in [3.63, 3.8) is 0 Å². The molecule has 0 radical (unpaired) electrons. The zero-order chi connectivity index (χ0) is 25.3. The molecular formula is C24H20F3N7O2. The largest absolute Gasteiger partial charge is 0.446 e. The number of halogens is 3. The van der Waals surface area contributed by atoms with Crippen molar-refractivity contribution in [3.05, 3.63) is 90.3 Å². The zero-order valence-electron chi connectivity index (χ0n) is 18.9. The molecule has 1 aliphatic rings. The van der Waals surface area contributed by atoms with Crippen molar-refractivity contribution < 1.29 is 22.7 Å². The Bertz CT molecular complexity index is 1360. The fourth-order valence-electron chi connectivity index (χ4n) is 3.83. The molecule has 0 saturated carbocycles. The van der Waals surface area contributed by atoms with Gasteiger partial charge in [-0.3, -0.25) is 0 Å². The number of benzene rings is 2. The fourth-order valence-corrected chi connectivity index (χ4v) is 3.83. The van der Waals surface area contributed by atoms with Crippen molar-refractivity contribution in [2.75, 3.05) is 16.8 Å². The van der Waals surface area contributed by atoms with Crippen LogP contribution in [0.2, 0.25) is 0 Å². The molecule has 0 spiro atoms. The van der Waals surface area contributed by atoms with Crippen LogP contribution in [-0.2, 0) is 10.9 Å². The first-order chi connectivity index (χ1) is 17.3. The van der Waals surface area contributed by atoms with Crippen molar-refractivity contribution in [3.8, 4) is 5.69 Å². The van der Waals surface area contributed by atoms with Gasteiger partial charge < -0.3 is 14.6 Å². The van der Waals surface area contributed by atoms with Crippen LogP contribution < -0.4 is 10.2 Å². The molecular weight excluding hydrogens is 475 g/mol. The summed E-state index contributed by atoms with van der Waals surface area (Å²) in [5.41, 5.74) is 1.32. The summed E-state index contributed by atoms with van der Waals surface area (Å²) in [5, 5.41) is 3.12. The topological polar surface area (TPSA) is 98.1 Å². The van der Waals surface area contributed by atoms with Crippen molar-refractivity contribution >= 4 is 18.0 Å². The molecule has 1 saturated heterocycles. The molecule has 0 bridgehead atoms. The summed E-state index contributed by atoms with van der Waals surface area (Å²) >= 11 is 0. The predicted molar refractivity (Wildman–Crippen MR) is 123 cm³/mol. The number of aromatic nitrogens is 5. The summed E-state index contributed by atoms with van der Waals surface area (Å²) in [4.78, 5) is 30.9. The number of carbonyl (C=O) groups excluding carboxylic acids is 1. The molecule has 1 amide bonds. The number of carbonyl (C=O) groups is 1. The molecule has 36 heavy (non-hydrogen) atoms. The van der Waals surface area contributed by atoms with Gasteiger partial charge in [0, 0.05) is 11.9 Å². The van der Waals surface area contributed by atoms with Crippen LogP contribution >= 0.6 is 0 Å². The Hall–Kier alpha value is -4.48. The molecule has 1 N–H and O–H groups in total. The van der Waals surface area contributed by atoms with Gasteiger partial charge in [0.25, 0.3) is 0 Å². The summed E-state index contributed by atoms with van der Waals surface area (Å²) < 4.78 is 45.3. The first kappa shape index (κ1) is 23.3. The maximum atomic E-state index is 12.8. The van der Waals surface area contributed by atoms with Gasteiger partial charge in [-0.25, -0.2) is 24.6 Å². The van der Waals surface area contributed by atoms with Gasteiger partial charge in [0.2, 0.25) is 11.9 Å². The third-order valence-corrected chi connectivity index (χ3v) is 5.72. The number of hydrogen-bond donors (Lipinski definition) is 1. The van der Waals surface area contributed by atoms with Crippen LogP contribution in [0.25, 0.3) is 5.69 Å². The second kappa shape index (κ2) is 9.29. The number of cyclic esters (lactones) is 1. The first-order valence-electron chi connectivity index (χ1n) is 11.0. The summed E-state index contributed by atoms with van der Waals surface area (Å²) in [6.07, 6.45) is -0.436. The third-order valence-electron chi connectivity index (χ3n) is 5.72. The lowest BCUT2D eigenvalue weighted by atomic mass is 10.1. The monoisotopic (exact) mass is 495 g/mol. The second-order valence-corrected chi connectivity index (χ2v) is 8.10. The lowest BCUT2D eigenvalue weighted by Crippen LogP contribution is -2.29. The van der Waals surface area contributed by atoms with E-state index in [2.05, 4.69) is 25.3 Å². The summed E-state index contributed by atoms with van der Waals surface area (Å²) in [6.45, 7) is 2.01. The van der Waals surface area contributed by atoms with Crippen LogP contribution in [0.1, 0.15) is 35.8 Å². The number of anilines is 2. The van der Waals surface area contributed by atoms with E-state index in [1.807, 2.05) is 37.3 Å². The van der Waals surface area contributed by atoms with Crippen molar-refractivity contribution in [2.24, 2.45) is 0 Å². The molecule has 4 aromatic rings. The Morgan fingerprint density at radius 3 is 2.53 bits per heavy atom. The van der Waals surface area contributed by atoms with E-state index in [1.54, 1.807) is 10.8 Å². The van der Waals surface area contributed by atoms with E-state index in [0.717, 1.165) is 17.7 Å². The molecule has 2 aromatic carbocycles. The minimum absolute atomic E-state index is 0.145. The van der Waals surface area contributed by atoms with Crippen LogP contribution in [0.5, 0.6) is 0 Å². The molecule has 1 aliphatic heterocycles. The van der Waals surface area contributed by atoms with Crippen LogP contribution in [0.3, 0.4) is 0 Å². The Balaban J connectivity index is 1.32. The van der Waals surface area contributed by atoms with Gasteiger partial charge in [-0.2, -0.15) is 18.2 Å². The van der Waals surface area contributed by atoms with Crippen molar-refractivity contribution in [1.29, 1.82) is 0 Å². The molecule has 3 heterocycles. The summed E-state index contributed by atoms with van der Waals surface area (Å²) in [6, 6.07) is 13.5. The Morgan fingerprint density at radius 2 is 1.81 bits per heavy atom. The molecule has 0 aliphatic carbocycles. The summed E-state index contributed by atoms with van der Waals surface area (Å²) in [5.74, 6) is 0.370. The van der Waals surface area contributed by atoms with Crippen molar-refractivity contribution in [1.82, 2.24) is 24.5 Å². The number of amides is 1. The van der Waals surface area contributed by atoms with Gasteiger partial charge >= 0.3 is 12.3 Å². The highest BCUT2D eigenvalue weighted by atomic mass is 19.4. The third kappa shape index (κ3) is 4.69. The highest BCUT2D eigenvalue weighted by molar-refractivity contribution is 5.88. The standard InChI is InChI=1S/C24H20F3N7O2/c1-15(19-11-33(14-30-19)18-9-7-17(8-10-18)24(25,26)27)31-21-28-13-29-22(32-21)34-20(12-36-23(34)35)16-5-3-2-4-6-16/h2-11,13-15,20H,12H2,1H3,(H,28,29,31,32)/t15-,20?/m0/s1. The number of ether oxygens (including phenoxy) is 1. The van der Waals surface area contributed by atoms with E-state index < -0.39 is 17.8 Å². The maximum Gasteiger partial charge on any atom is 0.417 e. The molecule has 1 fully saturated rings. The van der Waals surface area contributed by atoms with Gasteiger partial charge in [0.15, 0.2) is 0 Å². The fraction of sp³-hybridized carbons (Fsp3) is 0.208. The number of nitrogens with zero attached hydrogens (tertiary/aromatic N) is 6. The smallest absolute Gasteiger partial charge is 0.417 e. The Morgan fingerprint density at radius 1 is 1.06 bits per heavy atom. The highest BCUT2D eigenvalue weighted by Gasteiger charge is 2.37. The molecule has 1 unspecified atom stereocenters. The molecule has 9 nitrogen and oxygen atoms in total. The Kier molecular flexibility index (Phi) is 6.00. The normalized spacial score (nSPS) is 16.6. The van der Waals surface area contributed by atoms with Crippen LogP contribution in [-0.4, -0.2) is 37.2 Å². The SMILES string of the molecule is C[C@H](Nc1ncnc(N2C(=O)OCC2c2ccccc2)n1)c1cn(-c2ccc(C(F)(F)F)cc2)cn1. The highest BCUT2D eigenvalue weighted by Crippen LogP contribution is 2.32. The lowest BCUT2D eigenvalue weighted by molar-refractivity contribution is -0.137. The molecule has 12 heteroatoms. The van der Waals surface area contributed by atoms with E-state index in [0.29, 0.717) is 11.4 Å². The van der Waals surface area contributed by atoms with Gasteiger partial charge in [0.1, 0.15) is 19.0 Å². The number of rotatable bonds is 6. The number of imidazole rings is 1. The molecule has 2 atom stereocenters. The maximum absolute atomic E-state index is 12.8. The second-order valence-electron chi connectivity index (χ2n) is 8.10. The average molecular weight is 495 g/mol. The van der Waals surface area contributed by atoms with E-state index in [4.69, 9.17) is 4.74 Å². The minimum Gasteiger partial charge on any atom is -0.446 e. The number of alkyl halides is 3. The lowest BCUT2D eigenvalue weighted by Gasteiger charge is -2.20. The van der Waals surface area contributed by atoms with Crippen molar-refractivity contribution in [2.45, 2.75) is 25.2 Å². The van der Waals surface area contributed by atoms with E-state index in [9.17, 15) is 18.0 Å².